The molecule has 0 heterocycles. The van der Waals surface area contributed by atoms with Crippen LogP contribution in [0.2, 0.25) is 0 Å². The predicted octanol–water partition coefficient (Wildman–Crippen LogP) is 3.38. The lowest BCUT2D eigenvalue weighted by atomic mass is 10.2. The van der Waals surface area contributed by atoms with Gasteiger partial charge in [0.1, 0.15) is 5.82 Å². The van der Waals surface area contributed by atoms with Crippen LogP contribution in [0, 0.1) is 5.82 Å². The number of nitrogens with two attached hydrogens (primary N) is 1. The van der Waals surface area contributed by atoms with Gasteiger partial charge in [0, 0.05) is 22.4 Å². The molecule has 2 rings (SSSR count). The molecule has 24 heavy (non-hydrogen) atoms. The highest BCUT2D eigenvalue weighted by Crippen LogP contribution is 2.20. The van der Waals surface area contributed by atoms with Crippen molar-refractivity contribution in [3.8, 4) is 0 Å². The second kappa shape index (κ2) is 7.92. The van der Waals surface area contributed by atoms with Crippen LogP contribution in [0.3, 0.4) is 0 Å². The molecule has 0 saturated carbocycles. The second-order valence-corrected chi connectivity index (χ2v) is 5.84. The maximum absolute atomic E-state index is 13.0. The fourth-order valence-corrected chi connectivity index (χ4v) is 2.47. The lowest BCUT2D eigenvalue weighted by Gasteiger charge is -2.21. The van der Waals surface area contributed by atoms with Gasteiger partial charge in [0.05, 0.1) is 5.56 Å². The first kappa shape index (κ1) is 17.9. The van der Waals surface area contributed by atoms with Gasteiger partial charge in [-0.25, -0.2) is 9.18 Å². The summed E-state index contributed by atoms with van der Waals surface area (Å²) in [7, 11) is 0. The van der Waals surface area contributed by atoms with E-state index in [1.54, 1.807) is 19.1 Å². The summed E-state index contributed by atoms with van der Waals surface area (Å²) in [5, 5.41) is 0. The molecule has 0 radical (unpaired) electrons. The Balaban J connectivity index is 2.04. The number of amides is 1. The molecular formula is C17H16BrFN2O3. The number of ether oxygens (including phenoxy) is 1. The first-order chi connectivity index (χ1) is 11.4. The molecule has 0 atom stereocenters. The van der Waals surface area contributed by atoms with Crippen LogP contribution in [0.25, 0.3) is 0 Å². The molecular weight excluding hydrogens is 379 g/mol. The van der Waals surface area contributed by atoms with E-state index in [0.29, 0.717) is 16.7 Å². The molecule has 0 saturated heterocycles. The number of carbonyl (C=O) groups excluding carboxylic acids is 2. The van der Waals surface area contributed by atoms with Gasteiger partial charge in [0.15, 0.2) is 6.61 Å². The Bertz CT molecular complexity index is 750. The Morgan fingerprint density at radius 2 is 1.88 bits per heavy atom. The van der Waals surface area contributed by atoms with E-state index in [4.69, 9.17) is 10.5 Å². The van der Waals surface area contributed by atoms with Gasteiger partial charge in [0.2, 0.25) is 0 Å². The van der Waals surface area contributed by atoms with E-state index in [2.05, 4.69) is 15.9 Å². The van der Waals surface area contributed by atoms with Crippen molar-refractivity contribution in [2.75, 3.05) is 23.8 Å². The van der Waals surface area contributed by atoms with Crippen molar-refractivity contribution in [1.82, 2.24) is 0 Å². The largest absolute Gasteiger partial charge is 0.452 e. The molecule has 1 amide bonds. The fraction of sp³-hybridized carbons (Fsp3) is 0.176. The number of anilines is 2. The van der Waals surface area contributed by atoms with E-state index in [-0.39, 0.29) is 17.1 Å². The van der Waals surface area contributed by atoms with E-state index in [1.807, 2.05) is 0 Å². The summed E-state index contributed by atoms with van der Waals surface area (Å²) in [5.41, 5.74) is 6.71. The zero-order chi connectivity index (χ0) is 17.7. The van der Waals surface area contributed by atoms with Crippen LogP contribution >= 0.6 is 15.9 Å². The van der Waals surface area contributed by atoms with E-state index in [1.165, 1.54) is 35.2 Å². The SMILES string of the molecule is CCN(C(=O)COC(=O)c1cc(Br)ccc1N)c1ccc(F)cc1. The fourth-order valence-electron chi connectivity index (χ4n) is 2.11. The molecule has 0 aliphatic heterocycles. The van der Waals surface area contributed by atoms with Gasteiger partial charge in [-0.05, 0) is 49.4 Å². The molecule has 0 fully saturated rings. The van der Waals surface area contributed by atoms with E-state index in [0.717, 1.165) is 0 Å². The van der Waals surface area contributed by atoms with Gasteiger partial charge in [-0.3, -0.25) is 4.79 Å². The molecule has 0 unspecified atom stereocenters. The Labute approximate surface area is 147 Å². The molecule has 0 aliphatic carbocycles. The van der Waals surface area contributed by atoms with Gasteiger partial charge >= 0.3 is 5.97 Å². The number of likely N-dealkylation sites (N-methyl/N-ethyl adjacent to an activating group) is 1. The molecule has 7 heteroatoms. The summed E-state index contributed by atoms with van der Waals surface area (Å²) in [5.74, 6) is -1.48. The zero-order valence-corrected chi connectivity index (χ0v) is 14.5. The van der Waals surface area contributed by atoms with Crippen LogP contribution in [-0.2, 0) is 9.53 Å². The van der Waals surface area contributed by atoms with Crippen molar-refractivity contribution < 1.29 is 18.7 Å². The summed E-state index contributed by atoms with van der Waals surface area (Å²) in [6.45, 7) is 1.70. The minimum absolute atomic E-state index is 0.182. The number of nitrogens with zero attached hydrogens (tertiary/aromatic N) is 1. The van der Waals surface area contributed by atoms with Crippen molar-refractivity contribution in [3.63, 3.8) is 0 Å². The number of hydrogen-bond donors (Lipinski definition) is 1. The maximum atomic E-state index is 13.0. The molecule has 2 aromatic carbocycles. The highest BCUT2D eigenvalue weighted by atomic mass is 79.9. The number of nitrogen functional groups attached to an aromatic ring is 1. The molecule has 5 nitrogen and oxygen atoms in total. The quantitative estimate of drug-likeness (QED) is 0.623. The van der Waals surface area contributed by atoms with Crippen LogP contribution < -0.4 is 10.6 Å². The van der Waals surface area contributed by atoms with E-state index in [9.17, 15) is 14.0 Å². The highest BCUT2D eigenvalue weighted by molar-refractivity contribution is 9.10. The molecule has 2 N–H and O–H groups in total. The summed E-state index contributed by atoms with van der Waals surface area (Å²) in [6.07, 6.45) is 0. The van der Waals surface area contributed by atoms with Crippen LogP contribution in [-0.4, -0.2) is 25.0 Å². The number of benzene rings is 2. The lowest BCUT2D eigenvalue weighted by molar-refractivity contribution is -0.121. The third-order valence-corrected chi connectivity index (χ3v) is 3.81. The Hall–Kier alpha value is -2.41. The number of hydrogen-bond acceptors (Lipinski definition) is 4. The highest BCUT2D eigenvalue weighted by Gasteiger charge is 2.18. The Kier molecular flexibility index (Phi) is 5.92. The average Bonchev–Trinajstić information content (AvgIpc) is 2.57. The molecule has 0 aromatic heterocycles. The average molecular weight is 395 g/mol. The third-order valence-electron chi connectivity index (χ3n) is 3.32. The number of carbonyl (C=O) groups is 2. The second-order valence-electron chi connectivity index (χ2n) is 4.92. The zero-order valence-electron chi connectivity index (χ0n) is 13.0. The summed E-state index contributed by atoms with van der Waals surface area (Å²) >= 11 is 3.25. The molecule has 0 spiro atoms. The normalized spacial score (nSPS) is 10.3. The van der Waals surface area contributed by atoms with Gasteiger partial charge in [-0.2, -0.15) is 0 Å². The van der Waals surface area contributed by atoms with Crippen LogP contribution in [0.5, 0.6) is 0 Å². The van der Waals surface area contributed by atoms with Crippen LogP contribution in [0.4, 0.5) is 15.8 Å². The molecule has 0 bridgehead atoms. The Morgan fingerprint density at radius 1 is 1.21 bits per heavy atom. The smallest absolute Gasteiger partial charge is 0.340 e. The minimum Gasteiger partial charge on any atom is -0.452 e. The lowest BCUT2D eigenvalue weighted by Crippen LogP contribution is -2.34. The first-order valence-corrected chi connectivity index (χ1v) is 7.99. The van der Waals surface area contributed by atoms with Crippen molar-refractivity contribution >= 4 is 39.2 Å². The standard InChI is InChI=1S/C17H16BrFN2O3/c1-2-21(13-6-4-12(19)5-7-13)16(22)10-24-17(23)14-9-11(18)3-8-15(14)20/h3-9H,2,10,20H2,1H3. The topological polar surface area (TPSA) is 72.6 Å². The molecule has 126 valence electrons. The molecule has 0 aliphatic rings. The van der Waals surface area contributed by atoms with Gasteiger partial charge in [-0.15, -0.1) is 0 Å². The number of rotatable bonds is 5. The Morgan fingerprint density at radius 3 is 2.50 bits per heavy atom. The molecule has 2 aromatic rings. The summed E-state index contributed by atoms with van der Waals surface area (Å²) in [4.78, 5) is 25.7. The van der Waals surface area contributed by atoms with Gasteiger partial charge in [0.25, 0.3) is 5.91 Å². The number of halogens is 2. The van der Waals surface area contributed by atoms with Crippen molar-refractivity contribution in [2.45, 2.75) is 6.92 Å². The summed E-state index contributed by atoms with van der Waals surface area (Å²) in [6, 6.07) is 10.3. The van der Waals surface area contributed by atoms with E-state index < -0.39 is 18.5 Å². The maximum Gasteiger partial charge on any atom is 0.340 e. The van der Waals surface area contributed by atoms with Gasteiger partial charge < -0.3 is 15.4 Å². The van der Waals surface area contributed by atoms with Crippen molar-refractivity contribution in [1.29, 1.82) is 0 Å². The predicted molar refractivity (Wildman–Crippen MR) is 93.3 cm³/mol. The van der Waals surface area contributed by atoms with Crippen LogP contribution in [0.15, 0.2) is 46.9 Å². The minimum atomic E-state index is -0.683. The van der Waals surface area contributed by atoms with Crippen molar-refractivity contribution in [3.05, 3.63) is 58.3 Å². The first-order valence-electron chi connectivity index (χ1n) is 7.20. The monoisotopic (exact) mass is 394 g/mol. The number of esters is 1. The van der Waals surface area contributed by atoms with Gasteiger partial charge in [-0.1, -0.05) is 15.9 Å². The summed E-state index contributed by atoms with van der Waals surface area (Å²) < 4.78 is 18.7. The third kappa shape index (κ3) is 4.32. The van der Waals surface area contributed by atoms with Crippen molar-refractivity contribution in [2.24, 2.45) is 0 Å². The van der Waals surface area contributed by atoms with E-state index >= 15 is 0 Å². The van der Waals surface area contributed by atoms with Crippen LogP contribution in [0.1, 0.15) is 17.3 Å².